The van der Waals surface area contributed by atoms with Gasteiger partial charge in [0, 0.05) is 0 Å². The van der Waals surface area contributed by atoms with Crippen molar-refractivity contribution in [1.29, 1.82) is 0 Å². The monoisotopic (exact) mass is 128 g/mol. The lowest BCUT2D eigenvalue weighted by atomic mass is 10.3. The van der Waals surface area contributed by atoms with Gasteiger partial charge in [-0.2, -0.15) is 0 Å². The Kier molecular flexibility index (Phi) is 1.48. The number of rotatable bonds is 1. The molecule has 0 aliphatic carbocycles. The summed E-state index contributed by atoms with van der Waals surface area (Å²) in [5.74, 6) is -0.610. The molecule has 1 aliphatic heterocycles. The van der Waals surface area contributed by atoms with Crippen molar-refractivity contribution < 1.29 is 9.90 Å². The number of carboxylic acids is 1. The van der Waals surface area contributed by atoms with Gasteiger partial charge in [-0.1, -0.05) is 6.08 Å². The van der Waals surface area contributed by atoms with Gasteiger partial charge in [0.25, 0.3) is 0 Å². The molecule has 0 fully saturated rings. The fraction of sp³-hybridized carbons (Fsp3) is 0.400. The van der Waals surface area contributed by atoms with Gasteiger partial charge in [-0.25, -0.2) is 0 Å². The smallest absolute Gasteiger partial charge is 0.303 e. The van der Waals surface area contributed by atoms with E-state index in [-0.39, 0.29) is 15.1 Å². The first kappa shape index (κ1) is 5.56. The first-order chi connectivity index (χ1) is 3.80. The van der Waals surface area contributed by atoms with Crippen molar-refractivity contribution in [3.8, 4) is 0 Å². The minimum atomic E-state index is -0.610. The molecule has 44 valence electrons. The van der Waals surface area contributed by atoms with Crippen LogP contribution in [0.5, 0.6) is 0 Å². The number of aliphatic carboxylic acids is 1. The van der Waals surface area contributed by atoms with Crippen molar-refractivity contribution in [2.75, 3.05) is 0 Å². The Morgan fingerprint density at radius 2 is 2.62 bits per heavy atom. The van der Waals surface area contributed by atoms with E-state index < -0.39 is 5.97 Å². The lowest BCUT2D eigenvalue weighted by molar-refractivity contribution is -0.136. The van der Waals surface area contributed by atoms with Crippen LogP contribution in [0.4, 0.5) is 0 Å². The molecule has 0 saturated heterocycles. The average Bonchev–Trinajstić information content (AvgIpc) is 2.12. The molecule has 3 heteroatoms. The third-order valence-corrected chi connectivity index (χ3v) is 3.21. The molecule has 0 spiro atoms. The molecule has 8 heavy (non-hydrogen) atoms. The van der Waals surface area contributed by atoms with Crippen molar-refractivity contribution in [1.82, 2.24) is 0 Å². The third kappa shape index (κ3) is 0.978. The zero-order chi connectivity index (χ0) is 5.98. The van der Waals surface area contributed by atoms with Crippen LogP contribution in [0.1, 0.15) is 6.42 Å². The van der Waals surface area contributed by atoms with Crippen LogP contribution >= 0.6 is 0 Å². The largest absolute Gasteiger partial charge is 0.481 e. The molecule has 0 aromatic heterocycles. The highest BCUT2D eigenvalue weighted by atomic mass is 28.2. The molecule has 0 aromatic carbocycles. The van der Waals surface area contributed by atoms with E-state index in [2.05, 4.69) is 5.70 Å². The van der Waals surface area contributed by atoms with Crippen LogP contribution in [0.25, 0.3) is 0 Å². The fourth-order valence-corrected chi connectivity index (χ4v) is 2.12. The molecule has 1 heterocycles. The summed E-state index contributed by atoms with van der Waals surface area (Å²) in [7, 11) is -0.370. The maximum atomic E-state index is 10.2. The number of allylic oxidation sites excluding steroid dienone is 1. The van der Waals surface area contributed by atoms with Crippen LogP contribution in [0.15, 0.2) is 11.8 Å². The van der Waals surface area contributed by atoms with E-state index in [4.69, 9.17) is 5.11 Å². The molecule has 0 aromatic rings. The van der Waals surface area contributed by atoms with E-state index in [1.54, 1.807) is 0 Å². The van der Waals surface area contributed by atoms with Gasteiger partial charge < -0.3 is 5.11 Å². The standard InChI is InChI=1S/C5H8O2Si/c6-5(7)4-2-1-3-8-4/h1,3-4H,2,8H2,(H,6,7). The quantitative estimate of drug-likeness (QED) is 0.502. The fourth-order valence-electron chi connectivity index (χ4n) is 0.819. The molecule has 1 aliphatic rings. The topological polar surface area (TPSA) is 37.3 Å². The van der Waals surface area contributed by atoms with Crippen molar-refractivity contribution in [2.45, 2.75) is 12.0 Å². The maximum Gasteiger partial charge on any atom is 0.303 e. The number of hydrogen-bond acceptors (Lipinski definition) is 1. The van der Waals surface area contributed by atoms with Crippen molar-refractivity contribution in [2.24, 2.45) is 0 Å². The molecule has 1 N–H and O–H groups in total. The van der Waals surface area contributed by atoms with Crippen LogP contribution in [0.2, 0.25) is 5.54 Å². The average molecular weight is 128 g/mol. The summed E-state index contributed by atoms with van der Waals surface area (Å²) in [6.07, 6.45) is 2.76. The Morgan fingerprint density at radius 1 is 1.88 bits per heavy atom. The van der Waals surface area contributed by atoms with Crippen LogP contribution < -0.4 is 0 Å². The summed E-state index contributed by atoms with van der Waals surface area (Å²) >= 11 is 0. The number of hydrogen-bond donors (Lipinski definition) is 1. The predicted molar refractivity (Wildman–Crippen MR) is 33.7 cm³/mol. The first-order valence-electron chi connectivity index (χ1n) is 2.68. The Labute approximate surface area is 50.0 Å². The number of carbonyl (C=O) groups is 1. The van der Waals surface area contributed by atoms with Crippen LogP contribution in [0.3, 0.4) is 0 Å². The number of carboxylic acid groups (broad SMARTS) is 1. The first-order valence-corrected chi connectivity index (χ1v) is 4.32. The Balaban J connectivity index is 2.41. The SMILES string of the molecule is O=C(O)C1CC=C[SiH2]1. The van der Waals surface area contributed by atoms with Gasteiger partial charge in [-0.05, 0) is 6.42 Å². The minimum Gasteiger partial charge on any atom is -0.481 e. The van der Waals surface area contributed by atoms with E-state index >= 15 is 0 Å². The molecular weight excluding hydrogens is 120 g/mol. The molecule has 1 rings (SSSR count). The molecule has 0 amide bonds. The summed E-state index contributed by atoms with van der Waals surface area (Å²) in [6.45, 7) is 0. The third-order valence-electron chi connectivity index (χ3n) is 1.36. The van der Waals surface area contributed by atoms with Gasteiger partial charge in [0.2, 0.25) is 0 Å². The zero-order valence-electron chi connectivity index (χ0n) is 4.50. The molecular formula is C5H8O2Si. The zero-order valence-corrected chi connectivity index (χ0v) is 5.92. The summed E-state index contributed by atoms with van der Waals surface area (Å²) < 4.78 is 0. The predicted octanol–water partition coefficient (Wildman–Crippen LogP) is -0.0543. The van der Waals surface area contributed by atoms with Crippen molar-refractivity contribution >= 4 is 15.5 Å². The Bertz CT molecular complexity index is 122. The van der Waals surface area contributed by atoms with Gasteiger partial charge in [0.15, 0.2) is 0 Å². The van der Waals surface area contributed by atoms with E-state index in [1.165, 1.54) is 0 Å². The second-order valence-electron chi connectivity index (χ2n) is 1.98. The second-order valence-corrected chi connectivity index (χ2v) is 3.91. The maximum absolute atomic E-state index is 10.2. The highest BCUT2D eigenvalue weighted by molar-refractivity contribution is 6.50. The van der Waals surface area contributed by atoms with Gasteiger partial charge >= 0.3 is 5.97 Å². The summed E-state index contributed by atoms with van der Waals surface area (Å²) in [5, 5.41) is 8.41. The van der Waals surface area contributed by atoms with Gasteiger partial charge in [-0.15, -0.1) is 5.70 Å². The van der Waals surface area contributed by atoms with E-state index in [1.807, 2.05) is 6.08 Å². The lowest BCUT2D eigenvalue weighted by Crippen LogP contribution is -2.08. The van der Waals surface area contributed by atoms with Crippen LogP contribution in [-0.2, 0) is 4.79 Å². The normalized spacial score (nSPS) is 29.2. The van der Waals surface area contributed by atoms with E-state index in [0.717, 1.165) is 6.42 Å². The van der Waals surface area contributed by atoms with E-state index in [9.17, 15) is 4.79 Å². The molecule has 2 nitrogen and oxygen atoms in total. The Morgan fingerprint density at radius 3 is 2.88 bits per heavy atom. The van der Waals surface area contributed by atoms with Gasteiger partial charge in [0.05, 0.1) is 15.1 Å². The second kappa shape index (κ2) is 2.13. The lowest BCUT2D eigenvalue weighted by Gasteiger charge is -1.97. The highest BCUT2D eigenvalue weighted by Gasteiger charge is 2.17. The van der Waals surface area contributed by atoms with Gasteiger partial charge in [0.1, 0.15) is 0 Å². The summed E-state index contributed by atoms with van der Waals surface area (Å²) in [6, 6.07) is 0. The van der Waals surface area contributed by atoms with Crippen molar-refractivity contribution in [3.05, 3.63) is 11.8 Å². The molecule has 0 bridgehead atoms. The molecule has 0 saturated carbocycles. The van der Waals surface area contributed by atoms with Gasteiger partial charge in [-0.3, -0.25) is 4.79 Å². The van der Waals surface area contributed by atoms with Crippen LogP contribution in [0, 0.1) is 0 Å². The summed E-state index contributed by atoms with van der Waals surface area (Å²) in [5.41, 5.74) is 2.06. The van der Waals surface area contributed by atoms with E-state index in [0.29, 0.717) is 0 Å². The molecule has 0 radical (unpaired) electrons. The van der Waals surface area contributed by atoms with Crippen LogP contribution in [-0.4, -0.2) is 20.6 Å². The molecule has 1 atom stereocenters. The van der Waals surface area contributed by atoms with Crippen molar-refractivity contribution in [3.63, 3.8) is 0 Å². The molecule has 1 unspecified atom stereocenters. The summed E-state index contributed by atoms with van der Waals surface area (Å²) in [4.78, 5) is 10.2. The minimum absolute atomic E-state index is 0.00926. The Hall–Kier alpha value is -0.573. The highest BCUT2D eigenvalue weighted by Crippen LogP contribution is 2.15.